The van der Waals surface area contributed by atoms with Crippen molar-refractivity contribution in [2.75, 3.05) is 11.7 Å². The molecule has 0 unspecified atom stereocenters. The summed E-state index contributed by atoms with van der Waals surface area (Å²) in [5.41, 5.74) is 1.48. The third-order valence-electron chi connectivity index (χ3n) is 5.81. The topological polar surface area (TPSA) is 76.1 Å². The number of carbonyl (C=O) groups excluding carboxylic acids is 2. The van der Waals surface area contributed by atoms with Gasteiger partial charge < -0.3 is 19.5 Å². The van der Waals surface area contributed by atoms with E-state index in [2.05, 4.69) is 0 Å². The first-order valence-electron chi connectivity index (χ1n) is 10.1. The molecule has 1 amide bonds. The van der Waals surface area contributed by atoms with E-state index in [9.17, 15) is 14.7 Å². The lowest BCUT2D eigenvalue weighted by atomic mass is 9.88. The van der Waals surface area contributed by atoms with Crippen molar-refractivity contribution >= 4 is 17.4 Å². The maximum absolute atomic E-state index is 13.4. The Balaban J connectivity index is 1.46. The second-order valence-corrected chi connectivity index (χ2v) is 7.92. The van der Waals surface area contributed by atoms with Gasteiger partial charge in [-0.1, -0.05) is 54.1 Å². The molecule has 2 aliphatic rings. The van der Waals surface area contributed by atoms with Crippen molar-refractivity contribution in [3.05, 3.63) is 89.0 Å². The SMILES string of the molecule is Cc1ccc(C(=O)C[C@@]2(O)C(=O)N(Cc3ccc4c(c3)OCO4)c3ccccc32)cc1. The fraction of sp³-hybridized carbons (Fsp3) is 0.200. The van der Waals surface area contributed by atoms with Crippen molar-refractivity contribution < 1.29 is 24.2 Å². The lowest BCUT2D eigenvalue weighted by Gasteiger charge is -2.23. The summed E-state index contributed by atoms with van der Waals surface area (Å²) in [6.45, 7) is 2.35. The molecule has 0 saturated carbocycles. The van der Waals surface area contributed by atoms with Gasteiger partial charge in [-0.15, -0.1) is 0 Å². The second kappa shape index (κ2) is 7.25. The zero-order chi connectivity index (χ0) is 21.6. The van der Waals surface area contributed by atoms with E-state index in [4.69, 9.17) is 9.47 Å². The van der Waals surface area contributed by atoms with Gasteiger partial charge in [-0.25, -0.2) is 0 Å². The molecule has 31 heavy (non-hydrogen) atoms. The molecule has 6 nitrogen and oxygen atoms in total. The predicted octanol–water partition coefficient (Wildman–Crippen LogP) is 3.73. The third kappa shape index (κ3) is 3.25. The Hall–Kier alpha value is -3.64. The monoisotopic (exact) mass is 415 g/mol. The van der Waals surface area contributed by atoms with E-state index in [0.29, 0.717) is 28.3 Å². The van der Waals surface area contributed by atoms with Crippen LogP contribution in [0.3, 0.4) is 0 Å². The number of Topliss-reactive ketones (excluding diaryl/α,β-unsaturated/α-hetero) is 1. The Morgan fingerprint density at radius 1 is 1.03 bits per heavy atom. The van der Waals surface area contributed by atoms with Crippen LogP contribution in [-0.2, 0) is 16.9 Å². The maximum atomic E-state index is 13.4. The van der Waals surface area contributed by atoms with Gasteiger partial charge in [0, 0.05) is 11.1 Å². The summed E-state index contributed by atoms with van der Waals surface area (Å²) in [5, 5.41) is 11.4. The number of carbonyl (C=O) groups is 2. The van der Waals surface area contributed by atoms with Crippen LogP contribution in [0.4, 0.5) is 5.69 Å². The highest BCUT2D eigenvalue weighted by Gasteiger charge is 2.50. The molecular formula is C25H21NO5. The van der Waals surface area contributed by atoms with E-state index in [0.717, 1.165) is 11.1 Å². The van der Waals surface area contributed by atoms with Crippen LogP contribution in [-0.4, -0.2) is 23.6 Å². The summed E-state index contributed by atoms with van der Waals surface area (Å²) in [6, 6.07) is 19.7. The van der Waals surface area contributed by atoms with Crippen molar-refractivity contribution in [1.29, 1.82) is 0 Å². The van der Waals surface area contributed by atoms with Gasteiger partial charge in [0.2, 0.25) is 6.79 Å². The first-order chi connectivity index (χ1) is 15.0. The lowest BCUT2D eigenvalue weighted by molar-refractivity contribution is -0.136. The quantitative estimate of drug-likeness (QED) is 0.643. The minimum absolute atomic E-state index is 0.172. The van der Waals surface area contributed by atoms with Crippen LogP contribution in [0.5, 0.6) is 11.5 Å². The van der Waals surface area contributed by atoms with Gasteiger partial charge in [0.05, 0.1) is 18.7 Å². The predicted molar refractivity (Wildman–Crippen MR) is 114 cm³/mol. The molecule has 0 radical (unpaired) electrons. The van der Waals surface area contributed by atoms with Gasteiger partial charge in [0.1, 0.15) is 0 Å². The Kier molecular flexibility index (Phi) is 4.52. The number of hydrogen-bond acceptors (Lipinski definition) is 5. The van der Waals surface area contributed by atoms with Gasteiger partial charge in [-0.2, -0.15) is 0 Å². The van der Waals surface area contributed by atoms with Crippen molar-refractivity contribution in [3.8, 4) is 11.5 Å². The van der Waals surface area contributed by atoms with Crippen LogP contribution >= 0.6 is 0 Å². The van der Waals surface area contributed by atoms with Crippen LogP contribution in [0.2, 0.25) is 0 Å². The summed E-state index contributed by atoms with van der Waals surface area (Å²) in [7, 11) is 0. The van der Waals surface area contributed by atoms with Gasteiger partial charge in [0.25, 0.3) is 5.91 Å². The van der Waals surface area contributed by atoms with Crippen molar-refractivity contribution in [1.82, 2.24) is 0 Å². The van der Waals surface area contributed by atoms with E-state index in [1.807, 2.05) is 37.3 Å². The second-order valence-electron chi connectivity index (χ2n) is 7.92. The zero-order valence-corrected chi connectivity index (χ0v) is 17.0. The zero-order valence-electron chi connectivity index (χ0n) is 17.0. The fourth-order valence-corrected chi connectivity index (χ4v) is 4.13. The molecule has 6 heteroatoms. The molecule has 2 heterocycles. The smallest absolute Gasteiger partial charge is 0.264 e. The normalized spacial score (nSPS) is 18.9. The maximum Gasteiger partial charge on any atom is 0.264 e. The van der Waals surface area contributed by atoms with Gasteiger partial charge >= 0.3 is 0 Å². The largest absolute Gasteiger partial charge is 0.454 e. The molecule has 5 rings (SSSR count). The molecule has 0 spiro atoms. The number of ketones is 1. The highest BCUT2D eigenvalue weighted by Crippen LogP contribution is 2.44. The number of para-hydroxylation sites is 1. The van der Waals surface area contributed by atoms with Gasteiger partial charge in [-0.05, 0) is 30.7 Å². The van der Waals surface area contributed by atoms with Crippen LogP contribution < -0.4 is 14.4 Å². The standard InChI is InChI=1S/C25H21NO5/c1-16-6-9-18(10-7-16)21(27)13-25(29)19-4-2-3-5-20(19)26(24(25)28)14-17-8-11-22-23(12-17)31-15-30-22/h2-12,29H,13-15H2,1H3/t25-/m0/s1. The number of amides is 1. The van der Waals surface area contributed by atoms with Crippen molar-refractivity contribution in [3.63, 3.8) is 0 Å². The highest BCUT2D eigenvalue weighted by atomic mass is 16.7. The average molecular weight is 415 g/mol. The number of aryl methyl sites for hydroxylation is 1. The van der Waals surface area contributed by atoms with Gasteiger partial charge in [0.15, 0.2) is 22.9 Å². The summed E-state index contributed by atoms with van der Waals surface area (Å²) < 4.78 is 10.8. The van der Waals surface area contributed by atoms with E-state index in [1.165, 1.54) is 4.90 Å². The summed E-state index contributed by atoms with van der Waals surface area (Å²) in [6.07, 6.45) is -0.316. The Morgan fingerprint density at radius 2 is 1.77 bits per heavy atom. The molecule has 3 aromatic carbocycles. The number of nitrogens with zero attached hydrogens (tertiary/aromatic N) is 1. The molecule has 1 atom stereocenters. The van der Waals surface area contributed by atoms with Gasteiger partial charge in [-0.3, -0.25) is 9.59 Å². The van der Waals surface area contributed by atoms with E-state index >= 15 is 0 Å². The molecule has 0 bridgehead atoms. The number of fused-ring (bicyclic) bond motifs is 2. The van der Waals surface area contributed by atoms with Crippen molar-refractivity contribution in [2.24, 2.45) is 0 Å². The number of aliphatic hydroxyl groups is 1. The number of anilines is 1. The molecule has 2 aliphatic heterocycles. The summed E-state index contributed by atoms with van der Waals surface area (Å²) >= 11 is 0. The molecule has 3 aromatic rings. The van der Waals surface area contributed by atoms with E-state index in [-0.39, 0.29) is 25.5 Å². The van der Waals surface area contributed by atoms with Crippen LogP contribution in [0.1, 0.15) is 33.5 Å². The highest BCUT2D eigenvalue weighted by molar-refractivity contribution is 6.10. The number of hydrogen-bond donors (Lipinski definition) is 1. The average Bonchev–Trinajstić information content (AvgIpc) is 3.32. The molecule has 156 valence electrons. The molecule has 0 fully saturated rings. The van der Waals surface area contributed by atoms with Crippen LogP contribution in [0.25, 0.3) is 0 Å². The molecule has 0 aromatic heterocycles. The molecule has 0 saturated heterocycles. The fourth-order valence-electron chi connectivity index (χ4n) is 4.13. The van der Waals surface area contributed by atoms with Crippen molar-refractivity contribution in [2.45, 2.75) is 25.5 Å². The summed E-state index contributed by atoms with van der Waals surface area (Å²) in [4.78, 5) is 27.8. The molecule has 1 N–H and O–H groups in total. The Morgan fingerprint density at radius 3 is 2.58 bits per heavy atom. The van der Waals surface area contributed by atoms with Crippen LogP contribution in [0.15, 0.2) is 66.7 Å². The van der Waals surface area contributed by atoms with Crippen LogP contribution in [0, 0.1) is 6.92 Å². The first-order valence-corrected chi connectivity index (χ1v) is 10.1. The minimum atomic E-state index is -1.91. The van der Waals surface area contributed by atoms with E-state index in [1.54, 1.807) is 36.4 Å². The molecule has 0 aliphatic carbocycles. The Bertz CT molecular complexity index is 1190. The first kappa shape index (κ1) is 19.3. The molecular weight excluding hydrogens is 394 g/mol. The number of benzene rings is 3. The minimum Gasteiger partial charge on any atom is -0.454 e. The van der Waals surface area contributed by atoms with E-state index < -0.39 is 11.5 Å². The number of ether oxygens (including phenoxy) is 2. The lowest BCUT2D eigenvalue weighted by Crippen LogP contribution is -2.41. The third-order valence-corrected chi connectivity index (χ3v) is 5.81. The Labute approximate surface area is 179 Å². The summed E-state index contributed by atoms with van der Waals surface area (Å²) in [5.74, 6) is 0.502. The number of rotatable bonds is 5.